The molecule has 1 heterocycles. The van der Waals surface area contributed by atoms with Crippen LogP contribution in [0.3, 0.4) is 0 Å². The van der Waals surface area contributed by atoms with Crippen LogP contribution in [0.25, 0.3) is 0 Å². The summed E-state index contributed by atoms with van der Waals surface area (Å²) in [6.07, 6.45) is 2.23. The molecule has 2 atom stereocenters. The molecule has 1 saturated heterocycles. The van der Waals surface area contributed by atoms with Crippen LogP contribution in [0, 0.1) is 5.41 Å². The van der Waals surface area contributed by atoms with E-state index in [0.29, 0.717) is 12.6 Å². The topological polar surface area (TPSA) is 81.7 Å². The van der Waals surface area contributed by atoms with E-state index in [0.717, 1.165) is 25.9 Å². The average Bonchev–Trinajstić information content (AvgIpc) is 2.78. The van der Waals surface area contributed by atoms with Gasteiger partial charge in [-0.2, -0.15) is 0 Å². The Balaban J connectivity index is 2.44. The Morgan fingerprint density at radius 3 is 2.55 bits per heavy atom. The van der Waals surface area contributed by atoms with Gasteiger partial charge in [-0.3, -0.25) is 4.90 Å². The molecule has 0 aliphatic carbocycles. The summed E-state index contributed by atoms with van der Waals surface area (Å²) in [5.74, 6) is -1.01. The van der Waals surface area contributed by atoms with Gasteiger partial charge in [0.05, 0.1) is 0 Å². The summed E-state index contributed by atoms with van der Waals surface area (Å²) in [5, 5.41) is 14.5. The van der Waals surface area contributed by atoms with Gasteiger partial charge in [0, 0.05) is 12.6 Å². The number of carboxylic acid groups (broad SMARTS) is 1. The summed E-state index contributed by atoms with van der Waals surface area (Å²) in [7, 11) is 0. The fourth-order valence-corrected chi connectivity index (χ4v) is 2.58. The third-order valence-corrected chi connectivity index (χ3v) is 3.79. The van der Waals surface area contributed by atoms with Gasteiger partial charge in [0.15, 0.2) is 0 Å². The van der Waals surface area contributed by atoms with E-state index in [9.17, 15) is 9.59 Å². The highest BCUT2D eigenvalue weighted by atomic mass is 16.4. The predicted molar refractivity (Wildman–Crippen MR) is 77.7 cm³/mol. The van der Waals surface area contributed by atoms with Gasteiger partial charge in [0.2, 0.25) is 0 Å². The van der Waals surface area contributed by atoms with Gasteiger partial charge >= 0.3 is 12.0 Å². The molecule has 0 saturated carbocycles. The Kier molecular flexibility index (Phi) is 5.80. The Morgan fingerprint density at radius 1 is 1.40 bits per heavy atom. The lowest BCUT2D eigenvalue weighted by Crippen LogP contribution is -2.53. The third-order valence-electron chi connectivity index (χ3n) is 3.79. The Hall–Kier alpha value is -1.30. The molecule has 0 aromatic rings. The number of hydrogen-bond acceptors (Lipinski definition) is 3. The minimum Gasteiger partial charge on any atom is -0.480 e. The van der Waals surface area contributed by atoms with Gasteiger partial charge < -0.3 is 15.7 Å². The lowest BCUT2D eigenvalue weighted by atomic mass is 9.87. The van der Waals surface area contributed by atoms with Gasteiger partial charge in [0.1, 0.15) is 6.04 Å². The second-order valence-electron chi connectivity index (χ2n) is 6.42. The second-order valence-corrected chi connectivity index (χ2v) is 6.42. The number of likely N-dealkylation sites (tertiary alicyclic amines) is 1. The first-order valence-electron chi connectivity index (χ1n) is 7.27. The summed E-state index contributed by atoms with van der Waals surface area (Å²) in [6, 6.07) is -0.938. The molecule has 0 radical (unpaired) electrons. The molecular formula is C14H27N3O3. The number of nitrogens with zero attached hydrogens (tertiary/aromatic N) is 1. The van der Waals surface area contributed by atoms with Crippen molar-refractivity contribution in [2.45, 2.75) is 52.6 Å². The fourth-order valence-electron chi connectivity index (χ4n) is 2.58. The van der Waals surface area contributed by atoms with E-state index in [-0.39, 0.29) is 0 Å². The Labute approximate surface area is 120 Å². The van der Waals surface area contributed by atoms with Crippen LogP contribution in [-0.4, -0.2) is 53.7 Å². The van der Waals surface area contributed by atoms with E-state index in [4.69, 9.17) is 5.11 Å². The average molecular weight is 285 g/mol. The van der Waals surface area contributed by atoms with Crippen molar-refractivity contribution in [2.75, 3.05) is 19.6 Å². The van der Waals surface area contributed by atoms with E-state index < -0.39 is 23.5 Å². The lowest BCUT2D eigenvalue weighted by molar-refractivity contribution is -0.141. The van der Waals surface area contributed by atoms with Crippen molar-refractivity contribution in [3.8, 4) is 0 Å². The standard InChI is InChI=1S/C14H27N3O3/c1-5-17-8-6-7-10(17)9-15-13(20)16-11(12(18)19)14(2,3)4/h10-11H,5-9H2,1-4H3,(H,18,19)(H2,15,16,20)/t10?,11-/m0/s1. The normalized spacial score (nSPS) is 21.5. The number of likely N-dealkylation sites (N-methyl/N-ethyl adjacent to an activating group) is 1. The predicted octanol–water partition coefficient (Wildman–Crippen LogP) is 1.27. The number of carbonyl (C=O) groups excluding carboxylic acids is 1. The molecule has 2 amide bonds. The van der Waals surface area contributed by atoms with Crippen LogP contribution in [-0.2, 0) is 4.79 Å². The number of carboxylic acids is 1. The van der Waals surface area contributed by atoms with Crippen LogP contribution in [0.2, 0.25) is 0 Å². The first-order chi connectivity index (χ1) is 9.25. The van der Waals surface area contributed by atoms with E-state index in [2.05, 4.69) is 22.5 Å². The maximum absolute atomic E-state index is 11.9. The quantitative estimate of drug-likeness (QED) is 0.710. The van der Waals surface area contributed by atoms with Gasteiger partial charge in [-0.05, 0) is 31.3 Å². The van der Waals surface area contributed by atoms with E-state index in [1.165, 1.54) is 0 Å². The number of urea groups is 1. The van der Waals surface area contributed by atoms with Crippen molar-refractivity contribution < 1.29 is 14.7 Å². The molecule has 3 N–H and O–H groups in total. The molecule has 20 heavy (non-hydrogen) atoms. The minimum absolute atomic E-state index is 0.365. The molecule has 6 nitrogen and oxygen atoms in total. The maximum Gasteiger partial charge on any atom is 0.326 e. The molecule has 116 valence electrons. The third kappa shape index (κ3) is 4.67. The van der Waals surface area contributed by atoms with Crippen molar-refractivity contribution in [1.29, 1.82) is 0 Å². The number of aliphatic carboxylic acids is 1. The molecule has 1 aliphatic heterocycles. The zero-order chi connectivity index (χ0) is 15.3. The van der Waals surface area contributed by atoms with Crippen molar-refractivity contribution in [3.05, 3.63) is 0 Å². The van der Waals surface area contributed by atoms with Gasteiger partial charge in [-0.15, -0.1) is 0 Å². The molecule has 1 aliphatic rings. The Morgan fingerprint density at radius 2 is 2.05 bits per heavy atom. The number of hydrogen-bond donors (Lipinski definition) is 3. The van der Waals surface area contributed by atoms with Gasteiger partial charge in [-0.25, -0.2) is 9.59 Å². The molecule has 0 bridgehead atoms. The summed E-state index contributed by atoms with van der Waals surface area (Å²) in [4.78, 5) is 25.4. The van der Waals surface area contributed by atoms with Gasteiger partial charge in [0.25, 0.3) is 0 Å². The lowest BCUT2D eigenvalue weighted by Gasteiger charge is -2.28. The van der Waals surface area contributed by atoms with E-state index >= 15 is 0 Å². The van der Waals surface area contributed by atoms with Crippen LogP contribution in [0.4, 0.5) is 4.79 Å². The molecule has 1 unspecified atom stereocenters. The van der Waals surface area contributed by atoms with Crippen LogP contribution >= 0.6 is 0 Å². The summed E-state index contributed by atoms with van der Waals surface area (Å²) in [6.45, 7) is 10.1. The SMILES string of the molecule is CCN1CCCC1CNC(=O)N[C@@H](C(=O)O)C(C)(C)C. The number of carbonyl (C=O) groups is 2. The summed E-state index contributed by atoms with van der Waals surface area (Å²) < 4.78 is 0. The minimum atomic E-state index is -1.01. The first kappa shape index (κ1) is 16.8. The highest BCUT2D eigenvalue weighted by Crippen LogP contribution is 2.19. The molecule has 1 fully saturated rings. The zero-order valence-corrected chi connectivity index (χ0v) is 12.9. The van der Waals surface area contributed by atoms with Crippen molar-refractivity contribution in [2.24, 2.45) is 5.41 Å². The maximum atomic E-state index is 11.9. The van der Waals surface area contributed by atoms with E-state index in [1.807, 2.05) is 0 Å². The molecule has 1 rings (SSSR count). The van der Waals surface area contributed by atoms with Crippen molar-refractivity contribution >= 4 is 12.0 Å². The van der Waals surface area contributed by atoms with Crippen LogP contribution in [0.5, 0.6) is 0 Å². The van der Waals surface area contributed by atoms with E-state index in [1.54, 1.807) is 20.8 Å². The number of nitrogens with one attached hydrogen (secondary N) is 2. The summed E-state index contributed by atoms with van der Waals surface area (Å²) >= 11 is 0. The second kappa shape index (κ2) is 6.92. The highest BCUT2D eigenvalue weighted by molar-refractivity contribution is 5.83. The fraction of sp³-hybridized carbons (Fsp3) is 0.857. The van der Waals surface area contributed by atoms with Crippen molar-refractivity contribution in [3.63, 3.8) is 0 Å². The highest BCUT2D eigenvalue weighted by Gasteiger charge is 2.33. The van der Waals surface area contributed by atoms with Gasteiger partial charge in [-0.1, -0.05) is 27.7 Å². The van der Waals surface area contributed by atoms with Crippen LogP contribution in [0.1, 0.15) is 40.5 Å². The largest absolute Gasteiger partial charge is 0.480 e. The molecule has 0 spiro atoms. The zero-order valence-electron chi connectivity index (χ0n) is 12.9. The number of rotatable bonds is 5. The summed E-state index contributed by atoms with van der Waals surface area (Å²) in [5.41, 5.74) is -0.522. The first-order valence-corrected chi connectivity index (χ1v) is 7.27. The monoisotopic (exact) mass is 285 g/mol. The van der Waals surface area contributed by atoms with Crippen molar-refractivity contribution in [1.82, 2.24) is 15.5 Å². The van der Waals surface area contributed by atoms with Crippen LogP contribution < -0.4 is 10.6 Å². The Bertz CT molecular complexity index is 352. The molecule has 0 aromatic carbocycles. The number of amides is 2. The van der Waals surface area contributed by atoms with Crippen LogP contribution in [0.15, 0.2) is 0 Å². The molecule has 6 heteroatoms. The molecule has 0 aromatic heterocycles. The smallest absolute Gasteiger partial charge is 0.326 e. The molecular weight excluding hydrogens is 258 g/mol.